The predicted molar refractivity (Wildman–Crippen MR) is 76.7 cm³/mol. The minimum absolute atomic E-state index is 0.225. The molecule has 0 saturated heterocycles. The number of esters is 1. The minimum Gasteiger partial charge on any atom is -0.452 e. The molecule has 0 unspecified atom stereocenters. The number of rotatable bonds is 10. The van der Waals surface area contributed by atoms with Gasteiger partial charge in [-0.05, 0) is 35.4 Å². The fraction of sp³-hybridized carbons (Fsp3) is 0.769. The average Bonchev–Trinajstić information content (AvgIpc) is 2.27. The molecule has 0 aromatic carbocycles. The maximum Gasteiger partial charge on any atom is 0.331 e. The Morgan fingerprint density at radius 2 is 1.75 bits per heavy atom. The van der Waals surface area contributed by atoms with Gasteiger partial charge in [-0.1, -0.05) is 51.5 Å². The van der Waals surface area contributed by atoms with E-state index in [9.17, 15) is 4.79 Å². The van der Waals surface area contributed by atoms with Gasteiger partial charge in [0, 0.05) is 6.08 Å². The first kappa shape index (κ1) is 15.9. The van der Waals surface area contributed by atoms with E-state index in [0.717, 1.165) is 6.42 Å². The second-order valence-electron chi connectivity index (χ2n) is 3.88. The molecule has 0 atom stereocenters. The summed E-state index contributed by atoms with van der Waals surface area (Å²) in [6.45, 7) is 2.24. The summed E-state index contributed by atoms with van der Waals surface area (Å²) in [6.07, 6.45) is 13.6. The molecule has 0 aromatic heterocycles. The monoisotopic (exact) mass is 338 g/mol. The number of carbonyl (C=O) groups is 1. The van der Waals surface area contributed by atoms with E-state index in [1.54, 1.807) is 0 Å². The second kappa shape index (κ2) is 13.0. The average molecular weight is 338 g/mol. The molecular formula is C13H23IO2. The lowest BCUT2D eigenvalue weighted by atomic mass is 10.1. The molecule has 0 N–H and O–H groups in total. The van der Waals surface area contributed by atoms with Gasteiger partial charge in [-0.25, -0.2) is 4.79 Å². The van der Waals surface area contributed by atoms with Crippen LogP contribution in [0.3, 0.4) is 0 Å². The topological polar surface area (TPSA) is 26.3 Å². The first-order chi connectivity index (χ1) is 7.81. The van der Waals surface area contributed by atoms with Crippen LogP contribution in [0.1, 0.15) is 58.3 Å². The third-order valence-electron chi connectivity index (χ3n) is 2.43. The van der Waals surface area contributed by atoms with Crippen molar-refractivity contribution in [2.45, 2.75) is 58.3 Å². The van der Waals surface area contributed by atoms with E-state index in [-0.39, 0.29) is 5.97 Å². The first-order valence-electron chi connectivity index (χ1n) is 6.20. The van der Waals surface area contributed by atoms with E-state index in [4.69, 9.17) is 4.74 Å². The summed E-state index contributed by atoms with van der Waals surface area (Å²) in [4.78, 5) is 10.9. The lowest BCUT2D eigenvalue weighted by Gasteiger charge is -1.98. The summed E-state index contributed by atoms with van der Waals surface area (Å²) in [7, 11) is 0. The first-order valence-corrected chi connectivity index (χ1v) is 7.73. The van der Waals surface area contributed by atoms with Crippen molar-refractivity contribution >= 4 is 28.6 Å². The van der Waals surface area contributed by atoms with Gasteiger partial charge in [0.15, 0.2) is 0 Å². The van der Waals surface area contributed by atoms with E-state index in [1.165, 1.54) is 51.0 Å². The maximum atomic E-state index is 10.9. The van der Waals surface area contributed by atoms with Crippen molar-refractivity contribution in [2.24, 2.45) is 0 Å². The van der Waals surface area contributed by atoms with Crippen LogP contribution in [-0.2, 0) is 9.53 Å². The number of hydrogen-bond acceptors (Lipinski definition) is 2. The predicted octanol–water partition coefficient (Wildman–Crippen LogP) is 4.62. The van der Waals surface area contributed by atoms with Crippen LogP contribution in [0, 0.1) is 0 Å². The second-order valence-corrected chi connectivity index (χ2v) is 4.51. The highest BCUT2D eigenvalue weighted by molar-refractivity contribution is 14.1. The van der Waals surface area contributed by atoms with Crippen molar-refractivity contribution in [2.75, 3.05) is 4.61 Å². The zero-order valence-electron chi connectivity index (χ0n) is 10.2. The molecule has 0 radical (unpaired) electrons. The number of alkyl halides is 1. The fourth-order valence-corrected chi connectivity index (χ4v) is 1.81. The molecular weight excluding hydrogens is 315 g/mol. The van der Waals surface area contributed by atoms with Crippen LogP contribution in [0.25, 0.3) is 0 Å². The molecule has 0 aromatic rings. The Labute approximate surface area is 113 Å². The number of allylic oxidation sites excluding steroid dienone is 1. The summed E-state index contributed by atoms with van der Waals surface area (Å²) in [5.74, 6) is -0.225. The standard InChI is InChI=1S/C13H23IO2/c1-2-3-4-5-6-7-8-9-10-11-13(15)16-12-14/h10-11H,2-9,12H2,1H3. The fourth-order valence-electron chi connectivity index (χ4n) is 1.50. The van der Waals surface area contributed by atoms with Gasteiger partial charge in [-0.2, -0.15) is 0 Å². The smallest absolute Gasteiger partial charge is 0.331 e. The van der Waals surface area contributed by atoms with Crippen LogP contribution in [-0.4, -0.2) is 10.6 Å². The van der Waals surface area contributed by atoms with E-state index < -0.39 is 0 Å². The third-order valence-corrected chi connectivity index (χ3v) is 2.74. The maximum absolute atomic E-state index is 10.9. The van der Waals surface area contributed by atoms with Gasteiger partial charge in [-0.3, -0.25) is 0 Å². The van der Waals surface area contributed by atoms with Crippen LogP contribution in [0.15, 0.2) is 12.2 Å². The Morgan fingerprint density at radius 3 is 2.38 bits per heavy atom. The van der Waals surface area contributed by atoms with Crippen molar-refractivity contribution in [1.82, 2.24) is 0 Å². The molecule has 0 saturated carbocycles. The molecule has 0 aliphatic rings. The zero-order valence-corrected chi connectivity index (χ0v) is 12.4. The van der Waals surface area contributed by atoms with Crippen molar-refractivity contribution < 1.29 is 9.53 Å². The van der Waals surface area contributed by atoms with Gasteiger partial charge in [-0.15, -0.1) is 0 Å². The lowest BCUT2D eigenvalue weighted by molar-refractivity contribution is -0.135. The van der Waals surface area contributed by atoms with Gasteiger partial charge in [0.2, 0.25) is 0 Å². The SMILES string of the molecule is CCCCCCCCCC=CC(=O)OCI. The molecule has 0 aliphatic carbocycles. The van der Waals surface area contributed by atoms with Gasteiger partial charge >= 0.3 is 5.97 Å². The van der Waals surface area contributed by atoms with Crippen LogP contribution >= 0.6 is 22.6 Å². The summed E-state index contributed by atoms with van der Waals surface area (Å²) >= 11 is 2.02. The molecule has 0 spiro atoms. The summed E-state index contributed by atoms with van der Waals surface area (Å²) in [5.41, 5.74) is 0. The highest BCUT2D eigenvalue weighted by Gasteiger charge is 1.93. The molecule has 2 nitrogen and oxygen atoms in total. The summed E-state index contributed by atoms with van der Waals surface area (Å²) < 4.78 is 5.20. The van der Waals surface area contributed by atoms with Gasteiger partial charge in [0.25, 0.3) is 0 Å². The molecule has 3 heteroatoms. The zero-order chi connectivity index (χ0) is 12.1. The largest absolute Gasteiger partial charge is 0.452 e. The highest BCUT2D eigenvalue weighted by Crippen LogP contribution is 2.08. The van der Waals surface area contributed by atoms with Gasteiger partial charge in [0.1, 0.15) is 4.61 Å². The van der Waals surface area contributed by atoms with Crippen LogP contribution in [0.4, 0.5) is 0 Å². The third kappa shape index (κ3) is 12.0. The normalized spacial score (nSPS) is 10.9. The van der Waals surface area contributed by atoms with Gasteiger partial charge in [0.05, 0.1) is 0 Å². The van der Waals surface area contributed by atoms with Crippen molar-refractivity contribution in [3.05, 3.63) is 12.2 Å². The molecule has 0 aliphatic heterocycles. The molecule has 94 valence electrons. The Bertz CT molecular complexity index is 190. The van der Waals surface area contributed by atoms with Crippen LogP contribution in [0.2, 0.25) is 0 Å². The molecule has 0 amide bonds. The van der Waals surface area contributed by atoms with Crippen LogP contribution < -0.4 is 0 Å². The molecule has 0 bridgehead atoms. The van der Waals surface area contributed by atoms with E-state index in [1.807, 2.05) is 28.7 Å². The van der Waals surface area contributed by atoms with Crippen molar-refractivity contribution in [3.63, 3.8) is 0 Å². The van der Waals surface area contributed by atoms with E-state index in [0.29, 0.717) is 4.61 Å². The molecule has 0 rings (SSSR count). The Kier molecular flexibility index (Phi) is 13.0. The number of unbranched alkanes of at least 4 members (excludes halogenated alkanes) is 7. The Hall–Kier alpha value is -0.0600. The highest BCUT2D eigenvalue weighted by atomic mass is 127. The quantitative estimate of drug-likeness (QED) is 0.191. The van der Waals surface area contributed by atoms with Gasteiger partial charge < -0.3 is 4.74 Å². The number of ether oxygens (including phenoxy) is 1. The molecule has 0 fully saturated rings. The van der Waals surface area contributed by atoms with Crippen molar-refractivity contribution in [1.29, 1.82) is 0 Å². The van der Waals surface area contributed by atoms with E-state index in [2.05, 4.69) is 6.92 Å². The molecule has 0 heterocycles. The Balaban J connectivity index is 3.17. The van der Waals surface area contributed by atoms with E-state index >= 15 is 0 Å². The number of halogens is 1. The number of carbonyl (C=O) groups excluding carboxylic acids is 1. The summed E-state index contributed by atoms with van der Waals surface area (Å²) in [5, 5.41) is 0. The van der Waals surface area contributed by atoms with Crippen LogP contribution in [0.5, 0.6) is 0 Å². The molecule has 16 heavy (non-hydrogen) atoms. The minimum atomic E-state index is -0.225. The Morgan fingerprint density at radius 1 is 1.12 bits per heavy atom. The lowest BCUT2D eigenvalue weighted by Crippen LogP contribution is -1.96. The summed E-state index contributed by atoms with van der Waals surface area (Å²) in [6, 6.07) is 0. The number of hydrogen-bond donors (Lipinski definition) is 0. The van der Waals surface area contributed by atoms with Crippen molar-refractivity contribution in [3.8, 4) is 0 Å².